The third-order valence-electron chi connectivity index (χ3n) is 2.83. The first-order chi connectivity index (χ1) is 10.6. The molecule has 0 aromatic heterocycles. The molecule has 0 aliphatic heterocycles. The summed E-state index contributed by atoms with van der Waals surface area (Å²) >= 11 is 0. The molecule has 2 aromatic rings. The minimum atomic E-state index is 0. The van der Waals surface area contributed by atoms with Gasteiger partial charge < -0.3 is 19.7 Å². The fourth-order valence-corrected chi connectivity index (χ4v) is 1.65. The third kappa shape index (κ3) is 5.31. The second-order valence-corrected chi connectivity index (χ2v) is 4.11. The van der Waals surface area contributed by atoms with Gasteiger partial charge in [0.1, 0.15) is 0 Å². The van der Waals surface area contributed by atoms with E-state index < -0.39 is 0 Å². The summed E-state index contributed by atoms with van der Waals surface area (Å²) in [6, 6.07) is 10.1. The first-order valence-corrected chi connectivity index (χ1v) is 6.31. The predicted octanol–water partition coefficient (Wildman–Crippen LogP) is 1.31. The molecule has 0 bridgehead atoms. The first-order valence-electron chi connectivity index (χ1n) is 6.31. The average Bonchev–Trinajstić information content (AvgIpc) is 2.56. The van der Waals surface area contributed by atoms with Crippen molar-refractivity contribution in [2.24, 2.45) is 0 Å². The number of benzene rings is 2. The summed E-state index contributed by atoms with van der Waals surface area (Å²) in [5.74, 6) is 1.34. The quantitative estimate of drug-likeness (QED) is 0.462. The number of rotatable bonds is 4. The molecule has 0 atom stereocenters. The van der Waals surface area contributed by atoms with E-state index in [1.54, 1.807) is 36.4 Å². The van der Waals surface area contributed by atoms with Crippen LogP contribution in [0.25, 0.3) is 0 Å². The predicted molar refractivity (Wildman–Crippen MR) is 86.3 cm³/mol. The van der Waals surface area contributed by atoms with Crippen LogP contribution in [0.2, 0.25) is 0 Å². The summed E-state index contributed by atoms with van der Waals surface area (Å²) in [5, 5.41) is 14.9. The Labute approximate surface area is 143 Å². The zero-order valence-electron chi connectivity index (χ0n) is 12.6. The molecule has 6 N–H and O–H groups in total. The van der Waals surface area contributed by atoms with Crippen molar-refractivity contribution in [1.29, 1.82) is 0 Å². The van der Waals surface area contributed by atoms with Gasteiger partial charge in [0.2, 0.25) is 11.5 Å². The SMILES string of the molecule is COc1cccc(C=[OH+])c1[OH2+].COc1cccc(C=[OH+])c1[OH2+].[Ni+2]. The van der Waals surface area contributed by atoms with Gasteiger partial charge in [-0.05, 0) is 24.3 Å². The molecular formula is C16H20NiO6+6. The van der Waals surface area contributed by atoms with Gasteiger partial charge in [-0.3, -0.25) is 9.59 Å². The van der Waals surface area contributed by atoms with E-state index >= 15 is 0 Å². The number of ether oxygens (including phenoxy) is 2. The van der Waals surface area contributed by atoms with Crippen molar-refractivity contribution in [2.75, 3.05) is 14.2 Å². The molecular weight excluding hydrogens is 347 g/mol. The molecule has 2 aromatic carbocycles. The topological polar surface area (TPSA) is 107 Å². The van der Waals surface area contributed by atoms with Gasteiger partial charge in [0.25, 0.3) is 0 Å². The normalized spacial score (nSPS) is 8.78. The number of hydrogen-bond acceptors (Lipinski definition) is 2. The standard InChI is InChI=1S/2C8H8O3.Ni/c2*1-11-7-4-2-3-6(5-9)8(7)10;/h2*2-5,10H,1H3;/q;;+2/p+4. The second-order valence-electron chi connectivity index (χ2n) is 4.11. The third-order valence-corrected chi connectivity index (χ3v) is 2.83. The van der Waals surface area contributed by atoms with Crippen LogP contribution in [-0.4, -0.2) is 46.6 Å². The van der Waals surface area contributed by atoms with Gasteiger partial charge in [0.05, 0.1) is 14.2 Å². The second kappa shape index (κ2) is 10.2. The Morgan fingerprint density at radius 3 is 1.39 bits per heavy atom. The molecule has 0 spiro atoms. The Kier molecular flexibility index (Phi) is 9.12. The van der Waals surface area contributed by atoms with Crippen molar-refractivity contribution in [3.05, 3.63) is 47.5 Å². The van der Waals surface area contributed by atoms with Crippen LogP contribution in [-0.2, 0) is 16.5 Å². The van der Waals surface area contributed by atoms with E-state index in [1.165, 1.54) is 14.2 Å². The Morgan fingerprint density at radius 2 is 1.13 bits per heavy atom. The van der Waals surface area contributed by atoms with Crippen LogP contribution in [0.15, 0.2) is 36.4 Å². The summed E-state index contributed by atoms with van der Waals surface area (Å²) in [5.41, 5.74) is 0.925. The van der Waals surface area contributed by atoms with Crippen molar-refractivity contribution in [3.63, 3.8) is 0 Å². The zero-order chi connectivity index (χ0) is 16.5. The fourth-order valence-electron chi connectivity index (χ4n) is 1.65. The van der Waals surface area contributed by atoms with Crippen LogP contribution in [0.1, 0.15) is 11.1 Å². The summed E-state index contributed by atoms with van der Waals surface area (Å²) in [4.78, 5) is 17.3. The molecule has 0 saturated heterocycles. The van der Waals surface area contributed by atoms with E-state index in [2.05, 4.69) is 0 Å². The van der Waals surface area contributed by atoms with E-state index in [9.17, 15) is 0 Å². The number of aldehydes is 2. The van der Waals surface area contributed by atoms with Gasteiger partial charge in [0.15, 0.2) is 11.1 Å². The number of methoxy groups -OCH3 is 2. The molecule has 0 heterocycles. The maximum absolute atomic E-state index is 8.64. The maximum Gasteiger partial charge on any atom is 2.00 e. The molecule has 0 saturated carbocycles. The van der Waals surface area contributed by atoms with Crippen molar-refractivity contribution >= 4 is 12.6 Å². The van der Waals surface area contributed by atoms with E-state index in [1.807, 2.05) is 0 Å². The molecule has 23 heavy (non-hydrogen) atoms. The van der Waals surface area contributed by atoms with Gasteiger partial charge in [-0.2, -0.15) is 0 Å². The Hall–Kier alpha value is -2.53. The van der Waals surface area contributed by atoms with Crippen molar-refractivity contribution in [3.8, 4) is 23.0 Å². The van der Waals surface area contributed by atoms with Crippen molar-refractivity contribution < 1.29 is 45.8 Å². The van der Waals surface area contributed by atoms with Gasteiger partial charge in [-0.15, -0.1) is 0 Å². The molecule has 0 aliphatic carbocycles. The van der Waals surface area contributed by atoms with Crippen molar-refractivity contribution in [2.45, 2.75) is 0 Å². The van der Waals surface area contributed by atoms with E-state index in [0.29, 0.717) is 22.6 Å². The number of carbonyl (C=O) groups excluding carboxylic acids is 2. The van der Waals surface area contributed by atoms with Crippen LogP contribution in [0.5, 0.6) is 23.0 Å². The molecule has 0 aliphatic rings. The summed E-state index contributed by atoms with van der Waals surface area (Å²) in [6.07, 6.45) is 1.79. The van der Waals surface area contributed by atoms with Gasteiger partial charge in [-0.1, -0.05) is 12.1 Å². The van der Waals surface area contributed by atoms with Crippen LogP contribution in [0, 0.1) is 0 Å². The molecule has 0 unspecified atom stereocenters. The minimum absolute atomic E-state index is 0. The molecule has 0 fully saturated rings. The van der Waals surface area contributed by atoms with E-state index in [-0.39, 0.29) is 28.0 Å². The van der Waals surface area contributed by atoms with Gasteiger partial charge in [-0.25, -0.2) is 0 Å². The molecule has 6 nitrogen and oxygen atoms in total. The molecule has 124 valence electrons. The Bertz CT molecular complexity index is 600. The zero-order valence-corrected chi connectivity index (χ0v) is 13.6. The Balaban J connectivity index is 0.000000403. The van der Waals surface area contributed by atoms with Crippen LogP contribution in [0.4, 0.5) is 0 Å². The monoisotopic (exact) mass is 366 g/mol. The summed E-state index contributed by atoms with van der Waals surface area (Å²) in [7, 11) is 2.99. The van der Waals surface area contributed by atoms with Crippen LogP contribution < -0.4 is 9.47 Å². The van der Waals surface area contributed by atoms with Gasteiger partial charge in [0, 0.05) is 0 Å². The summed E-state index contributed by atoms with van der Waals surface area (Å²) < 4.78 is 9.74. The average molecular weight is 367 g/mol. The van der Waals surface area contributed by atoms with Gasteiger partial charge >= 0.3 is 40.6 Å². The Morgan fingerprint density at radius 1 is 0.783 bits per heavy atom. The molecule has 7 heteroatoms. The largest absolute Gasteiger partial charge is 2.00 e. The number of hydrogen-bond donors (Lipinski definition) is 0. The molecule has 2 rings (SSSR count). The maximum atomic E-state index is 8.64. The van der Waals surface area contributed by atoms with E-state index in [0.717, 1.165) is 12.6 Å². The van der Waals surface area contributed by atoms with Crippen LogP contribution >= 0.6 is 0 Å². The number of para-hydroxylation sites is 2. The smallest absolute Gasteiger partial charge is 0.590 e. The molecule has 0 radical (unpaired) electrons. The molecule has 0 amide bonds. The fraction of sp³-hybridized carbons (Fsp3) is 0.125. The summed E-state index contributed by atoms with van der Waals surface area (Å²) in [6.45, 7) is 0. The first kappa shape index (κ1) is 20.5. The van der Waals surface area contributed by atoms with Crippen molar-refractivity contribution in [1.82, 2.24) is 0 Å². The van der Waals surface area contributed by atoms with Crippen LogP contribution in [0.3, 0.4) is 0 Å². The van der Waals surface area contributed by atoms with E-state index in [4.69, 9.17) is 29.3 Å². The minimum Gasteiger partial charge on any atom is -0.590 e.